The largest absolute Gasteiger partial charge is 0.335 e. The summed E-state index contributed by atoms with van der Waals surface area (Å²) in [5.41, 5.74) is 3.26. The third-order valence-electron chi connectivity index (χ3n) is 5.15. The number of aromatic nitrogens is 3. The monoisotopic (exact) mass is 474 g/mol. The molecule has 0 aliphatic carbocycles. The van der Waals surface area contributed by atoms with E-state index in [9.17, 15) is 14.9 Å². The van der Waals surface area contributed by atoms with Crippen molar-refractivity contribution in [3.63, 3.8) is 0 Å². The van der Waals surface area contributed by atoms with Crippen LogP contribution < -0.4 is 11.2 Å². The molecule has 0 bridgehead atoms. The zero-order valence-electron chi connectivity index (χ0n) is 18.5. The number of nitrogens with two attached hydrogens (primary N) is 1. The molecule has 34 heavy (non-hydrogen) atoms. The molecule has 0 unspecified atom stereocenters. The van der Waals surface area contributed by atoms with Gasteiger partial charge < -0.3 is 11.2 Å². The van der Waals surface area contributed by atoms with Crippen LogP contribution in [0.3, 0.4) is 0 Å². The van der Waals surface area contributed by atoms with Gasteiger partial charge in [0.15, 0.2) is 5.82 Å². The SMILES string of the molecule is Cc1ccc(-c2nnc(S[C@@H](C(=O)Nc3ccc(C)cc3[N+](=O)[O-])c3ccccc3)n2N)cc1. The number of aryl methyl sites for hydroxylation is 2. The lowest BCUT2D eigenvalue weighted by atomic mass is 10.1. The molecule has 10 heteroatoms. The number of hydrogen-bond acceptors (Lipinski definition) is 7. The van der Waals surface area contributed by atoms with Gasteiger partial charge in [0.25, 0.3) is 5.69 Å². The molecule has 4 aromatic rings. The van der Waals surface area contributed by atoms with Crippen LogP contribution >= 0.6 is 11.8 Å². The van der Waals surface area contributed by atoms with Crippen molar-refractivity contribution in [1.82, 2.24) is 14.9 Å². The summed E-state index contributed by atoms with van der Waals surface area (Å²) in [7, 11) is 0. The fraction of sp³-hybridized carbons (Fsp3) is 0.125. The smallest absolute Gasteiger partial charge is 0.293 e. The molecule has 0 aliphatic heterocycles. The standard InChI is InChI=1S/C24H22N6O3S/c1-15-8-11-18(12-9-15)22-27-28-24(29(22)25)34-21(17-6-4-3-5-7-17)23(31)26-19-13-10-16(2)14-20(19)30(32)33/h3-14,21H,25H2,1-2H3,(H,26,31)/t21-/m1/s1. The number of nitrogen functional groups attached to an aromatic ring is 1. The van der Waals surface area contributed by atoms with Crippen LogP contribution in [0.2, 0.25) is 0 Å². The topological polar surface area (TPSA) is 129 Å². The minimum Gasteiger partial charge on any atom is -0.335 e. The van der Waals surface area contributed by atoms with Crippen molar-refractivity contribution in [2.75, 3.05) is 11.2 Å². The molecule has 0 radical (unpaired) electrons. The molecule has 3 aromatic carbocycles. The summed E-state index contributed by atoms with van der Waals surface area (Å²) in [5.74, 6) is 6.30. The zero-order chi connectivity index (χ0) is 24.2. The first-order valence-electron chi connectivity index (χ1n) is 10.4. The first kappa shape index (κ1) is 23.0. The van der Waals surface area contributed by atoms with E-state index < -0.39 is 16.1 Å². The number of thioether (sulfide) groups is 1. The van der Waals surface area contributed by atoms with Gasteiger partial charge in [0.2, 0.25) is 11.1 Å². The fourth-order valence-electron chi connectivity index (χ4n) is 3.36. The number of nitrogens with one attached hydrogen (secondary N) is 1. The van der Waals surface area contributed by atoms with E-state index >= 15 is 0 Å². The normalized spacial score (nSPS) is 11.7. The number of carbonyl (C=O) groups excluding carboxylic acids is 1. The van der Waals surface area contributed by atoms with Crippen molar-refractivity contribution in [3.8, 4) is 11.4 Å². The number of benzene rings is 3. The van der Waals surface area contributed by atoms with E-state index in [1.54, 1.807) is 25.1 Å². The van der Waals surface area contributed by atoms with E-state index in [4.69, 9.17) is 5.84 Å². The summed E-state index contributed by atoms with van der Waals surface area (Å²) in [6.07, 6.45) is 0. The van der Waals surface area contributed by atoms with Crippen LogP contribution in [0, 0.1) is 24.0 Å². The van der Waals surface area contributed by atoms with Crippen LogP contribution in [0.5, 0.6) is 0 Å². The second-order valence-electron chi connectivity index (χ2n) is 7.72. The average molecular weight is 475 g/mol. The lowest BCUT2D eigenvalue weighted by Crippen LogP contribution is -2.21. The molecule has 3 N–H and O–H groups in total. The number of nitrogens with zero attached hydrogens (tertiary/aromatic N) is 4. The Hall–Kier alpha value is -4.18. The molecule has 1 aromatic heterocycles. The number of carbonyl (C=O) groups is 1. The summed E-state index contributed by atoms with van der Waals surface area (Å²) >= 11 is 1.11. The van der Waals surface area contributed by atoms with E-state index in [0.29, 0.717) is 16.5 Å². The van der Waals surface area contributed by atoms with Crippen molar-refractivity contribution in [2.24, 2.45) is 0 Å². The van der Waals surface area contributed by atoms with Gasteiger partial charge in [-0.1, -0.05) is 78.0 Å². The van der Waals surface area contributed by atoms with Crippen molar-refractivity contribution < 1.29 is 9.72 Å². The van der Waals surface area contributed by atoms with Crippen molar-refractivity contribution in [2.45, 2.75) is 24.3 Å². The second-order valence-corrected chi connectivity index (χ2v) is 8.79. The number of hydrogen-bond donors (Lipinski definition) is 2. The van der Waals surface area contributed by atoms with Gasteiger partial charge in [0, 0.05) is 11.6 Å². The molecule has 1 atom stereocenters. The lowest BCUT2D eigenvalue weighted by molar-refractivity contribution is -0.384. The Bertz CT molecular complexity index is 1340. The summed E-state index contributed by atoms with van der Waals surface area (Å²) in [5, 5.41) is 22.1. The summed E-state index contributed by atoms with van der Waals surface area (Å²) in [6.45, 7) is 3.74. The maximum Gasteiger partial charge on any atom is 0.293 e. The van der Waals surface area contributed by atoms with Gasteiger partial charge in [0.05, 0.1) is 4.92 Å². The number of nitro benzene ring substituents is 1. The van der Waals surface area contributed by atoms with Gasteiger partial charge in [-0.05, 0) is 31.0 Å². The summed E-state index contributed by atoms with van der Waals surface area (Å²) in [4.78, 5) is 24.3. The van der Waals surface area contributed by atoms with Crippen LogP contribution in [0.1, 0.15) is 21.9 Å². The van der Waals surface area contributed by atoms with Gasteiger partial charge in [-0.25, -0.2) is 4.68 Å². The fourth-order valence-corrected chi connectivity index (χ4v) is 4.32. The Kier molecular flexibility index (Phi) is 6.60. The predicted octanol–water partition coefficient (Wildman–Crippen LogP) is 4.66. The summed E-state index contributed by atoms with van der Waals surface area (Å²) < 4.78 is 1.34. The van der Waals surface area contributed by atoms with Crippen LogP contribution in [0.25, 0.3) is 11.4 Å². The number of nitro groups is 1. The zero-order valence-corrected chi connectivity index (χ0v) is 19.3. The molecule has 0 aliphatic rings. The first-order valence-corrected chi connectivity index (χ1v) is 11.3. The van der Waals surface area contributed by atoms with Gasteiger partial charge in [-0.3, -0.25) is 14.9 Å². The molecule has 0 saturated carbocycles. The van der Waals surface area contributed by atoms with Crippen molar-refractivity contribution in [1.29, 1.82) is 0 Å². The second kappa shape index (κ2) is 9.75. The van der Waals surface area contributed by atoms with E-state index in [0.717, 1.165) is 28.5 Å². The minimum atomic E-state index is -0.778. The van der Waals surface area contributed by atoms with E-state index in [1.807, 2.05) is 49.4 Å². The Labute approximate surface area is 200 Å². The Morgan fingerprint density at radius 1 is 1.03 bits per heavy atom. The third kappa shape index (κ3) is 4.91. The highest BCUT2D eigenvalue weighted by molar-refractivity contribution is 8.00. The maximum absolute atomic E-state index is 13.3. The van der Waals surface area contributed by atoms with Crippen LogP contribution in [-0.4, -0.2) is 25.7 Å². The maximum atomic E-state index is 13.3. The van der Waals surface area contributed by atoms with Crippen LogP contribution in [0.15, 0.2) is 78.0 Å². The van der Waals surface area contributed by atoms with Crippen molar-refractivity contribution >= 4 is 29.0 Å². The molecule has 1 amide bonds. The Morgan fingerprint density at radius 2 is 1.71 bits per heavy atom. The average Bonchev–Trinajstić information content (AvgIpc) is 3.19. The molecule has 9 nitrogen and oxygen atoms in total. The highest BCUT2D eigenvalue weighted by Crippen LogP contribution is 2.37. The summed E-state index contributed by atoms with van der Waals surface area (Å²) in [6, 6.07) is 21.4. The quantitative estimate of drug-likeness (QED) is 0.172. The predicted molar refractivity (Wildman–Crippen MR) is 132 cm³/mol. The van der Waals surface area contributed by atoms with Crippen LogP contribution in [0.4, 0.5) is 11.4 Å². The molecule has 0 fully saturated rings. The molecule has 0 saturated heterocycles. The molecule has 172 valence electrons. The Balaban J connectivity index is 1.66. The molecule has 4 rings (SSSR count). The van der Waals surface area contributed by atoms with E-state index in [1.165, 1.54) is 16.8 Å². The molecular weight excluding hydrogens is 452 g/mol. The molecule has 1 heterocycles. The number of rotatable bonds is 7. The third-order valence-corrected chi connectivity index (χ3v) is 6.36. The van der Waals surface area contributed by atoms with E-state index in [-0.39, 0.29) is 11.4 Å². The number of amides is 1. The van der Waals surface area contributed by atoms with Crippen LogP contribution in [-0.2, 0) is 4.79 Å². The van der Waals surface area contributed by atoms with Gasteiger partial charge >= 0.3 is 0 Å². The number of anilines is 1. The molecular formula is C24H22N6O3S. The van der Waals surface area contributed by atoms with E-state index in [2.05, 4.69) is 15.5 Å². The van der Waals surface area contributed by atoms with Gasteiger partial charge in [-0.2, -0.15) is 0 Å². The lowest BCUT2D eigenvalue weighted by Gasteiger charge is -2.16. The van der Waals surface area contributed by atoms with Gasteiger partial charge in [-0.15, -0.1) is 10.2 Å². The minimum absolute atomic E-state index is 0.122. The highest BCUT2D eigenvalue weighted by Gasteiger charge is 2.27. The highest BCUT2D eigenvalue weighted by atomic mass is 32.2. The van der Waals surface area contributed by atoms with Gasteiger partial charge in [0.1, 0.15) is 10.9 Å². The van der Waals surface area contributed by atoms with Crippen molar-refractivity contribution in [3.05, 3.63) is 99.6 Å². The first-order chi connectivity index (χ1) is 16.3. The molecule has 0 spiro atoms. The Morgan fingerprint density at radius 3 is 2.38 bits per heavy atom.